The molecule has 2 rings (SSSR count). The second kappa shape index (κ2) is 9.11. The van der Waals surface area contributed by atoms with E-state index in [4.69, 9.17) is 0 Å². The Bertz CT molecular complexity index is 442. The third-order valence-corrected chi connectivity index (χ3v) is 4.78. The minimum atomic E-state index is 0.124. The second-order valence-electron chi connectivity index (χ2n) is 5.61. The van der Waals surface area contributed by atoms with Gasteiger partial charge in [0.1, 0.15) is 0 Å². The Morgan fingerprint density at radius 1 is 1.14 bits per heavy atom. The molecule has 1 N–H and O–H groups in total. The first-order chi connectivity index (χ1) is 10.3. The van der Waals surface area contributed by atoms with E-state index in [9.17, 15) is 4.79 Å². The molecular weight excluding hydrogens is 280 g/mol. The minimum Gasteiger partial charge on any atom is -0.325 e. The third-order valence-electron chi connectivity index (χ3n) is 3.98. The van der Waals surface area contributed by atoms with Gasteiger partial charge in [0.15, 0.2) is 0 Å². The number of hydrogen-bond acceptors (Lipinski definition) is 3. The maximum absolute atomic E-state index is 12.1. The zero-order valence-corrected chi connectivity index (χ0v) is 13.8. The van der Waals surface area contributed by atoms with Gasteiger partial charge in [-0.2, -0.15) is 0 Å². The van der Waals surface area contributed by atoms with Crippen LogP contribution >= 0.6 is 11.8 Å². The number of para-hydroxylation sites is 1. The van der Waals surface area contributed by atoms with E-state index >= 15 is 0 Å². The summed E-state index contributed by atoms with van der Waals surface area (Å²) < 4.78 is 0. The maximum atomic E-state index is 12.1. The average molecular weight is 306 g/mol. The van der Waals surface area contributed by atoms with Gasteiger partial charge in [-0.25, -0.2) is 0 Å². The molecule has 1 amide bonds. The van der Waals surface area contributed by atoms with E-state index in [1.165, 1.54) is 32.1 Å². The summed E-state index contributed by atoms with van der Waals surface area (Å²) in [6.45, 7) is 3.18. The van der Waals surface area contributed by atoms with Crippen molar-refractivity contribution in [2.24, 2.45) is 0 Å². The molecule has 1 aromatic rings. The van der Waals surface area contributed by atoms with E-state index in [0.29, 0.717) is 6.42 Å². The summed E-state index contributed by atoms with van der Waals surface area (Å²) in [4.78, 5) is 15.7. The molecule has 0 radical (unpaired) electrons. The van der Waals surface area contributed by atoms with Gasteiger partial charge in [-0.1, -0.05) is 31.4 Å². The largest absolute Gasteiger partial charge is 0.325 e. The number of nitrogens with zero attached hydrogens (tertiary/aromatic N) is 1. The number of hydrogen-bond donors (Lipinski definition) is 1. The lowest BCUT2D eigenvalue weighted by Crippen LogP contribution is -2.30. The minimum absolute atomic E-state index is 0.124. The number of anilines is 1. The monoisotopic (exact) mass is 306 g/mol. The Hall–Kier alpha value is -1.00. The lowest BCUT2D eigenvalue weighted by molar-refractivity contribution is -0.116. The van der Waals surface area contributed by atoms with Crippen molar-refractivity contribution < 1.29 is 4.79 Å². The predicted molar refractivity (Wildman–Crippen MR) is 91.0 cm³/mol. The van der Waals surface area contributed by atoms with Crippen molar-refractivity contribution in [1.82, 2.24) is 4.90 Å². The van der Waals surface area contributed by atoms with Crippen molar-refractivity contribution in [3.05, 3.63) is 24.3 Å². The number of carbonyl (C=O) groups excluding carboxylic acids is 1. The number of nitrogens with one attached hydrogen (secondary N) is 1. The van der Waals surface area contributed by atoms with Gasteiger partial charge >= 0.3 is 0 Å². The van der Waals surface area contributed by atoms with E-state index in [-0.39, 0.29) is 5.91 Å². The zero-order valence-electron chi connectivity index (χ0n) is 12.9. The summed E-state index contributed by atoms with van der Waals surface area (Å²) in [5, 5.41) is 3.04. The number of amides is 1. The highest BCUT2D eigenvalue weighted by atomic mass is 32.2. The summed E-state index contributed by atoms with van der Waals surface area (Å²) in [6.07, 6.45) is 9.22. The molecule has 1 fully saturated rings. The topological polar surface area (TPSA) is 32.3 Å². The van der Waals surface area contributed by atoms with Crippen LogP contribution in [0.2, 0.25) is 0 Å². The fourth-order valence-corrected chi connectivity index (χ4v) is 3.31. The van der Waals surface area contributed by atoms with Crippen LogP contribution in [-0.4, -0.2) is 36.7 Å². The van der Waals surface area contributed by atoms with Crippen LogP contribution in [0.15, 0.2) is 29.2 Å². The van der Waals surface area contributed by atoms with Crippen LogP contribution in [0, 0.1) is 0 Å². The fraction of sp³-hybridized carbons (Fsp3) is 0.588. The highest BCUT2D eigenvalue weighted by molar-refractivity contribution is 7.98. The second-order valence-corrected chi connectivity index (χ2v) is 6.46. The first kappa shape index (κ1) is 16.4. The van der Waals surface area contributed by atoms with Gasteiger partial charge in [0.05, 0.1) is 5.69 Å². The molecule has 21 heavy (non-hydrogen) atoms. The molecule has 0 aromatic heterocycles. The highest BCUT2D eigenvalue weighted by Gasteiger charge is 2.11. The van der Waals surface area contributed by atoms with Gasteiger partial charge in [0.25, 0.3) is 0 Å². The number of rotatable bonds is 5. The summed E-state index contributed by atoms with van der Waals surface area (Å²) in [5.74, 6) is 0.124. The predicted octanol–water partition coefficient (Wildman–Crippen LogP) is 4.00. The Labute approximate surface area is 132 Å². The van der Waals surface area contributed by atoms with Crippen molar-refractivity contribution >= 4 is 23.4 Å². The summed E-state index contributed by atoms with van der Waals surface area (Å²) >= 11 is 1.66. The first-order valence-electron chi connectivity index (χ1n) is 7.95. The summed E-state index contributed by atoms with van der Waals surface area (Å²) in [5.41, 5.74) is 0.933. The fourth-order valence-electron chi connectivity index (χ4n) is 2.76. The van der Waals surface area contributed by atoms with Crippen molar-refractivity contribution in [1.29, 1.82) is 0 Å². The number of carbonyl (C=O) groups is 1. The normalized spacial score (nSPS) is 17.0. The number of thioether (sulfide) groups is 1. The molecule has 0 saturated carbocycles. The van der Waals surface area contributed by atoms with Crippen molar-refractivity contribution in [2.75, 3.05) is 31.2 Å². The van der Waals surface area contributed by atoms with E-state index in [1.54, 1.807) is 11.8 Å². The third kappa shape index (κ3) is 5.71. The Kier molecular flexibility index (Phi) is 7.10. The first-order valence-corrected chi connectivity index (χ1v) is 9.17. The molecule has 0 bridgehead atoms. The molecule has 116 valence electrons. The molecular formula is C17H26N2OS. The smallest absolute Gasteiger partial charge is 0.225 e. The Morgan fingerprint density at radius 3 is 2.52 bits per heavy atom. The van der Waals surface area contributed by atoms with Crippen LogP contribution in [0.5, 0.6) is 0 Å². The summed E-state index contributed by atoms with van der Waals surface area (Å²) in [7, 11) is 0. The van der Waals surface area contributed by atoms with E-state index in [2.05, 4.69) is 10.2 Å². The van der Waals surface area contributed by atoms with E-state index < -0.39 is 0 Å². The SMILES string of the molecule is CSc1ccccc1NC(=O)CCN1CCCCCCC1. The molecule has 0 aliphatic carbocycles. The summed E-state index contributed by atoms with van der Waals surface area (Å²) in [6, 6.07) is 7.98. The number of likely N-dealkylation sites (tertiary alicyclic amines) is 1. The van der Waals surface area contributed by atoms with Crippen LogP contribution < -0.4 is 5.32 Å². The quantitative estimate of drug-likeness (QED) is 0.834. The standard InChI is InChI=1S/C17H26N2OS/c1-21-16-10-6-5-9-15(16)18-17(20)11-14-19-12-7-3-2-4-8-13-19/h5-6,9-10H,2-4,7-8,11-14H2,1H3,(H,18,20). The van der Waals surface area contributed by atoms with Crippen LogP contribution in [0.3, 0.4) is 0 Å². The Balaban J connectivity index is 1.78. The molecule has 1 aliphatic rings. The van der Waals surface area contributed by atoms with Gasteiger partial charge in [-0.05, 0) is 44.3 Å². The Morgan fingerprint density at radius 2 is 1.81 bits per heavy atom. The lowest BCUT2D eigenvalue weighted by Gasteiger charge is -2.24. The van der Waals surface area contributed by atoms with E-state index in [1.807, 2.05) is 30.5 Å². The molecule has 0 atom stereocenters. The molecule has 0 spiro atoms. The molecule has 0 unspecified atom stereocenters. The van der Waals surface area contributed by atoms with Crippen molar-refractivity contribution in [2.45, 2.75) is 43.4 Å². The van der Waals surface area contributed by atoms with Crippen molar-refractivity contribution in [3.8, 4) is 0 Å². The van der Waals surface area contributed by atoms with Crippen LogP contribution in [0.1, 0.15) is 38.5 Å². The molecule has 3 nitrogen and oxygen atoms in total. The molecule has 1 saturated heterocycles. The molecule has 1 aromatic carbocycles. The van der Waals surface area contributed by atoms with Gasteiger partial charge in [0, 0.05) is 17.9 Å². The van der Waals surface area contributed by atoms with Crippen molar-refractivity contribution in [3.63, 3.8) is 0 Å². The average Bonchev–Trinajstić information content (AvgIpc) is 2.46. The molecule has 1 heterocycles. The van der Waals surface area contributed by atoms with Gasteiger partial charge in [-0.3, -0.25) is 4.79 Å². The van der Waals surface area contributed by atoms with Crippen LogP contribution in [0.25, 0.3) is 0 Å². The van der Waals surface area contributed by atoms with Gasteiger partial charge < -0.3 is 10.2 Å². The lowest BCUT2D eigenvalue weighted by atomic mass is 10.1. The number of benzene rings is 1. The maximum Gasteiger partial charge on any atom is 0.225 e. The van der Waals surface area contributed by atoms with Gasteiger partial charge in [-0.15, -0.1) is 11.8 Å². The zero-order chi connectivity index (χ0) is 14.9. The van der Waals surface area contributed by atoms with E-state index in [0.717, 1.165) is 30.2 Å². The molecule has 4 heteroatoms. The molecule has 1 aliphatic heterocycles. The van der Waals surface area contributed by atoms with Crippen LogP contribution in [-0.2, 0) is 4.79 Å². The van der Waals surface area contributed by atoms with Gasteiger partial charge in [0.2, 0.25) is 5.91 Å². The highest BCUT2D eigenvalue weighted by Crippen LogP contribution is 2.24. The van der Waals surface area contributed by atoms with Crippen LogP contribution in [0.4, 0.5) is 5.69 Å².